The Balaban J connectivity index is 2.65. The summed E-state index contributed by atoms with van der Waals surface area (Å²) >= 11 is 0. The maximum atomic E-state index is 14.1. The Bertz CT molecular complexity index is 580. The van der Waals surface area contributed by atoms with Crippen molar-refractivity contribution in [3.8, 4) is 11.4 Å². The van der Waals surface area contributed by atoms with E-state index in [1.807, 2.05) is 6.92 Å². The Morgan fingerprint density at radius 1 is 1.39 bits per heavy atom. The van der Waals surface area contributed by atoms with Gasteiger partial charge in [-0.2, -0.15) is 5.10 Å². The van der Waals surface area contributed by atoms with E-state index < -0.39 is 5.82 Å². The predicted octanol–water partition coefficient (Wildman–Crippen LogP) is 1.49. The van der Waals surface area contributed by atoms with Crippen LogP contribution in [0.15, 0.2) is 12.1 Å². The minimum absolute atomic E-state index is 0.0662. The van der Waals surface area contributed by atoms with E-state index in [4.69, 9.17) is 10.5 Å². The zero-order chi connectivity index (χ0) is 13.3. The second-order valence-corrected chi connectivity index (χ2v) is 3.90. The summed E-state index contributed by atoms with van der Waals surface area (Å²) in [5, 5.41) is 4.23. The van der Waals surface area contributed by atoms with E-state index in [9.17, 15) is 4.39 Å². The maximum Gasteiger partial charge on any atom is 0.171 e. The number of rotatable bonds is 3. The van der Waals surface area contributed by atoms with Crippen molar-refractivity contribution in [3.63, 3.8) is 0 Å². The first-order valence-corrected chi connectivity index (χ1v) is 5.54. The summed E-state index contributed by atoms with van der Waals surface area (Å²) in [6.07, 6.45) is 0. The molecule has 0 aliphatic rings. The number of halogens is 1. The first-order valence-electron chi connectivity index (χ1n) is 5.54. The van der Waals surface area contributed by atoms with Gasteiger partial charge in [-0.25, -0.2) is 14.1 Å². The zero-order valence-corrected chi connectivity index (χ0v) is 10.6. The fourth-order valence-corrected chi connectivity index (χ4v) is 1.89. The van der Waals surface area contributed by atoms with Crippen molar-refractivity contribution in [3.05, 3.63) is 35.2 Å². The molecule has 1 aromatic carbocycles. The third-order valence-electron chi connectivity index (χ3n) is 2.71. The van der Waals surface area contributed by atoms with Crippen LogP contribution in [0.25, 0.3) is 5.69 Å². The quantitative estimate of drug-likeness (QED) is 0.896. The maximum absolute atomic E-state index is 14.1. The van der Waals surface area contributed by atoms with E-state index in [1.165, 1.54) is 7.11 Å². The fraction of sp³-hybridized carbons (Fsp3) is 0.333. The van der Waals surface area contributed by atoms with E-state index in [-0.39, 0.29) is 12.3 Å². The molecule has 0 atom stereocenters. The summed E-state index contributed by atoms with van der Waals surface area (Å²) in [5.74, 6) is 1.04. The van der Waals surface area contributed by atoms with Gasteiger partial charge in [0.25, 0.3) is 0 Å². The number of hydrogen-bond donors (Lipinski definition) is 1. The Morgan fingerprint density at radius 3 is 2.61 bits per heavy atom. The van der Waals surface area contributed by atoms with Gasteiger partial charge in [-0.3, -0.25) is 0 Å². The van der Waals surface area contributed by atoms with Gasteiger partial charge in [0, 0.05) is 12.1 Å². The minimum atomic E-state index is -0.454. The molecule has 0 unspecified atom stereocenters. The SMILES string of the molecule is COc1ccc(-n2nc(C)nc2C)c(CN)c1F. The molecule has 2 rings (SSSR count). The van der Waals surface area contributed by atoms with Gasteiger partial charge in [0.15, 0.2) is 11.6 Å². The summed E-state index contributed by atoms with van der Waals surface area (Å²) in [6, 6.07) is 3.28. The second-order valence-electron chi connectivity index (χ2n) is 3.90. The number of benzene rings is 1. The summed E-state index contributed by atoms with van der Waals surface area (Å²) in [6.45, 7) is 3.66. The van der Waals surface area contributed by atoms with Crippen LogP contribution >= 0.6 is 0 Å². The van der Waals surface area contributed by atoms with Crippen molar-refractivity contribution in [2.45, 2.75) is 20.4 Å². The van der Waals surface area contributed by atoms with Gasteiger partial charge in [-0.15, -0.1) is 0 Å². The molecule has 6 heteroatoms. The number of hydrogen-bond acceptors (Lipinski definition) is 4. The topological polar surface area (TPSA) is 66.0 Å². The lowest BCUT2D eigenvalue weighted by molar-refractivity contribution is 0.384. The van der Waals surface area contributed by atoms with Crippen LogP contribution in [-0.4, -0.2) is 21.9 Å². The molecule has 0 fully saturated rings. The monoisotopic (exact) mass is 250 g/mol. The van der Waals surface area contributed by atoms with Crippen LogP contribution in [0.2, 0.25) is 0 Å². The van der Waals surface area contributed by atoms with Crippen molar-refractivity contribution in [2.24, 2.45) is 5.73 Å². The standard InChI is InChI=1S/C12H15FN4O/c1-7-15-8(2)17(16-7)10-4-5-11(18-3)12(13)9(10)6-14/h4-5H,6,14H2,1-3H3. The highest BCUT2D eigenvalue weighted by Gasteiger charge is 2.16. The van der Waals surface area contributed by atoms with Crippen molar-refractivity contribution >= 4 is 0 Å². The molecule has 96 valence electrons. The number of methoxy groups -OCH3 is 1. The van der Waals surface area contributed by atoms with Crippen molar-refractivity contribution in [1.82, 2.24) is 14.8 Å². The van der Waals surface area contributed by atoms with Crippen LogP contribution in [0.4, 0.5) is 4.39 Å². The smallest absolute Gasteiger partial charge is 0.171 e. The number of nitrogens with two attached hydrogens (primary N) is 1. The van der Waals surface area contributed by atoms with Crippen LogP contribution in [0, 0.1) is 19.7 Å². The zero-order valence-electron chi connectivity index (χ0n) is 10.6. The summed E-state index contributed by atoms with van der Waals surface area (Å²) in [5.41, 5.74) is 6.57. The first-order chi connectivity index (χ1) is 8.58. The van der Waals surface area contributed by atoms with Gasteiger partial charge in [-0.1, -0.05) is 0 Å². The molecule has 0 bridgehead atoms. The normalized spacial score (nSPS) is 10.7. The van der Waals surface area contributed by atoms with Crippen molar-refractivity contribution in [1.29, 1.82) is 0 Å². The molecule has 0 aliphatic carbocycles. The Hall–Kier alpha value is -1.95. The summed E-state index contributed by atoms with van der Waals surface area (Å²) in [4.78, 5) is 4.19. The fourth-order valence-electron chi connectivity index (χ4n) is 1.89. The number of nitrogens with zero attached hydrogens (tertiary/aromatic N) is 3. The first kappa shape index (κ1) is 12.5. The van der Waals surface area contributed by atoms with Crippen molar-refractivity contribution < 1.29 is 9.13 Å². The van der Waals surface area contributed by atoms with E-state index in [0.717, 1.165) is 0 Å². The third-order valence-corrected chi connectivity index (χ3v) is 2.71. The molecule has 18 heavy (non-hydrogen) atoms. The van der Waals surface area contributed by atoms with E-state index >= 15 is 0 Å². The van der Waals surface area contributed by atoms with E-state index in [0.29, 0.717) is 22.9 Å². The molecule has 1 aromatic heterocycles. The van der Waals surface area contributed by atoms with Crippen LogP contribution in [-0.2, 0) is 6.54 Å². The largest absolute Gasteiger partial charge is 0.494 e. The Labute approximate surface area is 104 Å². The molecular formula is C12H15FN4O. The minimum Gasteiger partial charge on any atom is -0.494 e. The lowest BCUT2D eigenvalue weighted by atomic mass is 10.1. The van der Waals surface area contributed by atoms with E-state index in [1.54, 1.807) is 23.7 Å². The Kier molecular flexibility index (Phi) is 3.29. The molecule has 5 nitrogen and oxygen atoms in total. The van der Waals surface area contributed by atoms with E-state index in [2.05, 4.69) is 10.1 Å². The number of aryl methyl sites for hydroxylation is 2. The molecule has 0 saturated heterocycles. The molecule has 2 N–H and O–H groups in total. The summed E-state index contributed by atoms with van der Waals surface area (Å²) in [7, 11) is 1.42. The predicted molar refractivity (Wildman–Crippen MR) is 65.2 cm³/mol. The molecule has 2 aromatic rings. The molecule has 0 spiro atoms. The van der Waals surface area contributed by atoms with Gasteiger partial charge in [0.2, 0.25) is 0 Å². The Morgan fingerprint density at radius 2 is 2.11 bits per heavy atom. The van der Waals surface area contributed by atoms with Crippen LogP contribution in [0.5, 0.6) is 5.75 Å². The van der Waals surface area contributed by atoms with Gasteiger partial charge >= 0.3 is 0 Å². The average Bonchev–Trinajstić information content (AvgIpc) is 2.68. The molecule has 0 radical (unpaired) electrons. The highest BCUT2D eigenvalue weighted by atomic mass is 19.1. The lowest BCUT2D eigenvalue weighted by Crippen LogP contribution is -2.10. The van der Waals surface area contributed by atoms with Crippen LogP contribution < -0.4 is 10.5 Å². The van der Waals surface area contributed by atoms with Gasteiger partial charge in [0.05, 0.1) is 12.8 Å². The number of ether oxygens (including phenoxy) is 1. The highest BCUT2D eigenvalue weighted by molar-refractivity contribution is 5.47. The molecule has 1 heterocycles. The summed E-state index contributed by atoms with van der Waals surface area (Å²) < 4.78 is 20.6. The van der Waals surface area contributed by atoms with Gasteiger partial charge in [0.1, 0.15) is 11.6 Å². The van der Waals surface area contributed by atoms with Crippen LogP contribution in [0.1, 0.15) is 17.2 Å². The lowest BCUT2D eigenvalue weighted by Gasteiger charge is -2.12. The van der Waals surface area contributed by atoms with Crippen LogP contribution in [0.3, 0.4) is 0 Å². The van der Waals surface area contributed by atoms with Gasteiger partial charge < -0.3 is 10.5 Å². The molecule has 0 amide bonds. The molecule has 0 saturated carbocycles. The molecule has 0 aliphatic heterocycles. The molecular weight excluding hydrogens is 235 g/mol. The van der Waals surface area contributed by atoms with Crippen molar-refractivity contribution in [2.75, 3.05) is 7.11 Å². The van der Waals surface area contributed by atoms with Gasteiger partial charge in [-0.05, 0) is 26.0 Å². The number of aromatic nitrogens is 3. The second kappa shape index (κ2) is 4.73. The third kappa shape index (κ3) is 1.95. The average molecular weight is 250 g/mol. The highest BCUT2D eigenvalue weighted by Crippen LogP contribution is 2.26.